The summed E-state index contributed by atoms with van der Waals surface area (Å²) in [4.78, 5) is 13.9. The van der Waals surface area contributed by atoms with Crippen molar-refractivity contribution in [2.75, 3.05) is 11.4 Å². The van der Waals surface area contributed by atoms with Gasteiger partial charge in [-0.25, -0.2) is 0 Å². The van der Waals surface area contributed by atoms with Gasteiger partial charge in [0.15, 0.2) is 0 Å². The van der Waals surface area contributed by atoms with Crippen molar-refractivity contribution < 1.29 is 4.79 Å². The van der Waals surface area contributed by atoms with E-state index in [0.717, 1.165) is 11.3 Å². The van der Waals surface area contributed by atoms with E-state index < -0.39 is 6.04 Å². The van der Waals surface area contributed by atoms with Crippen molar-refractivity contribution >= 4 is 11.6 Å². The quantitative estimate of drug-likeness (QED) is 0.791. The van der Waals surface area contributed by atoms with Crippen LogP contribution in [0.3, 0.4) is 0 Å². The SMILES string of the molecule is C=CCC(N)C(=O)N(CC)c1ccccc1C. The number of aryl methyl sites for hydroxylation is 1. The van der Waals surface area contributed by atoms with E-state index in [0.29, 0.717) is 13.0 Å². The summed E-state index contributed by atoms with van der Waals surface area (Å²) in [6.07, 6.45) is 2.18. The highest BCUT2D eigenvalue weighted by atomic mass is 16.2. The molecule has 0 radical (unpaired) electrons. The van der Waals surface area contributed by atoms with Crippen molar-refractivity contribution in [1.29, 1.82) is 0 Å². The highest BCUT2D eigenvalue weighted by molar-refractivity contribution is 5.97. The molecule has 0 heterocycles. The Morgan fingerprint density at radius 2 is 2.18 bits per heavy atom. The average molecular weight is 232 g/mol. The maximum Gasteiger partial charge on any atom is 0.244 e. The number of amides is 1. The lowest BCUT2D eigenvalue weighted by molar-refractivity contribution is -0.119. The largest absolute Gasteiger partial charge is 0.320 e. The maximum absolute atomic E-state index is 12.2. The zero-order chi connectivity index (χ0) is 12.8. The summed E-state index contributed by atoms with van der Waals surface area (Å²) in [5, 5.41) is 0. The number of carbonyl (C=O) groups is 1. The molecule has 0 aliphatic carbocycles. The van der Waals surface area contributed by atoms with Gasteiger partial charge < -0.3 is 10.6 Å². The molecule has 1 aromatic rings. The van der Waals surface area contributed by atoms with Gasteiger partial charge >= 0.3 is 0 Å². The Bertz CT molecular complexity index is 401. The van der Waals surface area contributed by atoms with Crippen molar-refractivity contribution in [2.24, 2.45) is 5.73 Å². The first kappa shape index (κ1) is 13.5. The predicted molar refractivity (Wildman–Crippen MR) is 72.0 cm³/mol. The van der Waals surface area contributed by atoms with Crippen molar-refractivity contribution in [2.45, 2.75) is 26.3 Å². The third kappa shape index (κ3) is 3.17. The standard InChI is InChI=1S/C14H20N2O/c1-4-8-12(15)14(17)16(5-2)13-10-7-6-9-11(13)3/h4,6-7,9-10,12H,1,5,8,15H2,2-3H3. The molecule has 3 heteroatoms. The summed E-state index contributed by atoms with van der Waals surface area (Å²) in [5.74, 6) is -0.0540. The van der Waals surface area contributed by atoms with Gasteiger partial charge in [-0.3, -0.25) is 4.79 Å². The van der Waals surface area contributed by atoms with Gasteiger partial charge in [-0.1, -0.05) is 24.3 Å². The molecule has 3 nitrogen and oxygen atoms in total. The van der Waals surface area contributed by atoms with Gasteiger partial charge in [0.2, 0.25) is 5.91 Å². The minimum absolute atomic E-state index is 0.0540. The minimum atomic E-state index is -0.507. The lowest BCUT2D eigenvalue weighted by atomic mass is 10.1. The number of carbonyl (C=O) groups excluding carboxylic acids is 1. The highest BCUT2D eigenvalue weighted by Crippen LogP contribution is 2.20. The molecular formula is C14H20N2O. The molecule has 1 aromatic carbocycles. The number of para-hydroxylation sites is 1. The van der Waals surface area contributed by atoms with Gasteiger partial charge in [-0.15, -0.1) is 6.58 Å². The van der Waals surface area contributed by atoms with Crippen LogP contribution in [0.5, 0.6) is 0 Å². The molecule has 1 amide bonds. The average Bonchev–Trinajstić information content (AvgIpc) is 2.32. The van der Waals surface area contributed by atoms with Crippen LogP contribution in [-0.4, -0.2) is 18.5 Å². The van der Waals surface area contributed by atoms with E-state index in [2.05, 4.69) is 6.58 Å². The molecule has 0 saturated carbocycles. The molecule has 1 atom stereocenters. The molecule has 0 fully saturated rings. The third-order valence-corrected chi connectivity index (χ3v) is 2.73. The summed E-state index contributed by atoms with van der Waals surface area (Å²) in [6.45, 7) is 8.17. The van der Waals surface area contributed by atoms with E-state index in [1.807, 2.05) is 38.1 Å². The second kappa shape index (κ2) is 6.21. The van der Waals surface area contributed by atoms with Crippen LogP contribution in [0.1, 0.15) is 18.9 Å². The Morgan fingerprint density at radius 3 is 2.71 bits per heavy atom. The molecule has 2 N–H and O–H groups in total. The van der Waals surface area contributed by atoms with Crippen LogP contribution < -0.4 is 10.6 Å². The monoisotopic (exact) mass is 232 g/mol. The second-order valence-electron chi connectivity index (χ2n) is 4.00. The summed E-state index contributed by atoms with van der Waals surface area (Å²) in [7, 11) is 0. The highest BCUT2D eigenvalue weighted by Gasteiger charge is 2.20. The van der Waals surface area contributed by atoms with Gasteiger partial charge in [-0.05, 0) is 31.9 Å². The van der Waals surface area contributed by atoms with Crippen LogP contribution in [0.15, 0.2) is 36.9 Å². The summed E-state index contributed by atoms with van der Waals surface area (Å²) < 4.78 is 0. The van der Waals surface area contributed by atoms with Crippen molar-refractivity contribution in [3.8, 4) is 0 Å². The van der Waals surface area contributed by atoms with Crippen molar-refractivity contribution in [3.05, 3.63) is 42.5 Å². The van der Waals surface area contributed by atoms with E-state index in [9.17, 15) is 4.79 Å². The van der Waals surface area contributed by atoms with E-state index in [1.54, 1.807) is 11.0 Å². The fraction of sp³-hybridized carbons (Fsp3) is 0.357. The van der Waals surface area contributed by atoms with Crippen LogP contribution in [0.25, 0.3) is 0 Å². The Hall–Kier alpha value is -1.61. The number of anilines is 1. The van der Waals surface area contributed by atoms with E-state index in [4.69, 9.17) is 5.73 Å². The van der Waals surface area contributed by atoms with Gasteiger partial charge in [-0.2, -0.15) is 0 Å². The normalized spacial score (nSPS) is 11.9. The first-order chi connectivity index (χ1) is 8.11. The molecule has 1 rings (SSSR count). The third-order valence-electron chi connectivity index (χ3n) is 2.73. The van der Waals surface area contributed by atoms with Gasteiger partial charge in [0, 0.05) is 12.2 Å². The Balaban J connectivity index is 2.96. The zero-order valence-electron chi connectivity index (χ0n) is 10.5. The minimum Gasteiger partial charge on any atom is -0.320 e. The van der Waals surface area contributed by atoms with Crippen LogP contribution in [0, 0.1) is 6.92 Å². The van der Waals surface area contributed by atoms with Crippen LogP contribution in [-0.2, 0) is 4.79 Å². The summed E-state index contributed by atoms with van der Waals surface area (Å²) in [5.41, 5.74) is 7.84. The number of likely N-dealkylation sites (N-methyl/N-ethyl adjacent to an activating group) is 1. The number of hydrogen-bond acceptors (Lipinski definition) is 2. The predicted octanol–water partition coefficient (Wildman–Crippen LogP) is 2.25. The molecule has 92 valence electrons. The second-order valence-corrected chi connectivity index (χ2v) is 4.00. The maximum atomic E-state index is 12.2. The van der Waals surface area contributed by atoms with Crippen molar-refractivity contribution in [3.63, 3.8) is 0 Å². The fourth-order valence-electron chi connectivity index (χ4n) is 1.79. The smallest absolute Gasteiger partial charge is 0.244 e. The zero-order valence-corrected chi connectivity index (χ0v) is 10.5. The molecule has 0 aliphatic rings. The molecule has 0 bridgehead atoms. The molecule has 1 unspecified atom stereocenters. The Kier molecular flexibility index (Phi) is 4.91. The van der Waals surface area contributed by atoms with Crippen LogP contribution in [0.4, 0.5) is 5.69 Å². The van der Waals surface area contributed by atoms with Gasteiger partial charge in [0.05, 0.1) is 6.04 Å². The number of nitrogens with two attached hydrogens (primary N) is 1. The first-order valence-corrected chi connectivity index (χ1v) is 5.85. The van der Waals surface area contributed by atoms with Crippen LogP contribution >= 0.6 is 0 Å². The molecule has 0 aromatic heterocycles. The van der Waals surface area contributed by atoms with Gasteiger partial charge in [0.1, 0.15) is 0 Å². The molecule has 0 saturated heterocycles. The lowest BCUT2D eigenvalue weighted by Crippen LogP contribution is -2.43. The molecular weight excluding hydrogens is 212 g/mol. The van der Waals surface area contributed by atoms with Gasteiger partial charge in [0.25, 0.3) is 0 Å². The number of rotatable bonds is 5. The number of benzene rings is 1. The van der Waals surface area contributed by atoms with Crippen molar-refractivity contribution in [1.82, 2.24) is 0 Å². The Labute approximate surface area is 103 Å². The number of hydrogen-bond donors (Lipinski definition) is 1. The topological polar surface area (TPSA) is 46.3 Å². The molecule has 0 aliphatic heterocycles. The molecule has 0 spiro atoms. The summed E-state index contributed by atoms with van der Waals surface area (Å²) >= 11 is 0. The molecule has 17 heavy (non-hydrogen) atoms. The summed E-state index contributed by atoms with van der Waals surface area (Å²) in [6, 6.07) is 7.31. The van der Waals surface area contributed by atoms with E-state index >= 15 is 0 Å². The lowest BCUT2D eigenvalue weighted by Gasteiger charge is -2.25. The van der Waals surface area contributed by atoms with Crippen LogP contribution in [0.2, 0.25) is 0 Å². The Morgan fingerprint density at radius 1 is 1.53 bits per heavy atom. The number of nitrogens with zero attached hydrogens (tertiary/aromatic N) is 1. The van der Waals surface area contributed by atoms with E-state index in [1.165, 1.54) is 0 Å². The van der Waals surface area contributed by atoms with E-state index in [-0.39, 0.29) is 5.91 Å². The first-order valence-electron chi connectivity index (χ1n) is 5.85. The fourth-order valence-corrected chi connectivity index (χ4v) is 1.79.